The monoisotopic (exact) mass is 340 g/mol. The SMILES string of the molecule is CC1CN(Cc2cccc(F)c2Br)C(C)(C2CC2)CN1. The largest absolute Gasteiger partial charge is 0.311 e. The number of rotatable bonds is 3. The Hall–Kier alpha value is -0.450. The van der Waals surface area contributed by atoms with Crippen LogP contribution in [0.5, 0.6) is 0 Å². The van der Waals surface area contributed by atoms with Crippen molar-refractivity contribution in [1.29, 1.82) is 0 Å². The summed E-state index contributed by atoms with van der Waals surface area (Å²) in [6.45, 7) is 7.45. The van der Waals surface area contributed by atoms with E-state index in [1.54, 1.807) is 6.07 Å². The van der Waals surface area contributed by atoms with E-state index in [4.69, 9.17) is 0 Å². The van der Waals surface area contributed by atoms with Crippen LogP contribution < -0.4 is 5.32 Å². The van der Waals surface area contributed by atoms with Crippen molar-refractivity contribution >= 4 is 15.9 Å². The Labute approximate surface area is 128 Å². The molecule has 1 saturated heterocycles. The highest BCUT2D eigenvalue weighted by atomic mass is 79.9. The number of halogens is 2. The molecule has 1 saturated carbocycles. The summed E-state index contributed by atoms with van der Waals surface area (Å²) in [5, 5.41) is 3.61. The predicted molar refractivity (Wildman–Crippen MR) is 83.1 cm³/mol. The molecule has 0 radical (unpaired) electrons. The molecule has 0 amide bonds. The van der Waals surface area contributed by atoms with Gasteiger partial charge >= 0.3 is 0 Å². The van der Waals surface area contributed by atoms with Crippen LogP contribution in [0.4, 0.5) is 4.39 Å². The lowest BCUT2D eigenvalue weighted by atomic mass is 9.89. The molecular weight excluding hydrogens is 319 g/mol. The average Bonchev–Trinajstić information content (AvgIpc) is 3.24. The van der Waals surface area contributed by atoms with E-state index >= 15 is 0 Å². The first kappa shape index (κ1) is 14.5. The lowest BCUT2D eigenvalue weighted by Crippen LogP contribution is -2.63. The zero-order chi connectivity index (χ0) is 14.3. The highest BCUT2D eigenvalue weighted by Gasteiger charge is 2.47. The van der Waals surface area contributed by atoms with Gasteiger partial charge in [0.25, 0.3) is 0 Å². The number of piperazine rings is 1. The highest BCUT2D eigenvalue weighted by molar-refractivity contribution is 9.10. The molecule has 2 atom stereocenters. The van der Waals surface area contributed by atoms with Gasteiger partial charge in [0.2, 0.25) is 0 Å². The lowest BCUT2D eigenvalue weighted by molar-refractivity contribution is 0.0309. The molecule has 2 nitrogen and oxygen atoms in total. The van der Waals surface area contributed by atoms with Crippen LogP contribution in [0.3, 0.4) is 0 Å². The fraction of sp³-hybridized carbons (Fsp3) is 0.625. The molecule has 1 aliphatic heterocycles. The van der Waals surface area contributed by atoms with E-state index < -0.39 is 0 Å². The first-order chi connectivity index (χ1) is 9.50. The number of hydrogen-bond donors (Lipinski definition) is 1. The fourth-order valence-electron chi connectivity index (χ4n) is 3.33. The maximum Gasteiger partial charge on any atom is 0.137 e. The van der Waals surface area contributed by atoms with Gasteiger partial charge in [-0.3, -0.25) is 4.90 Å². The Morgan fingerprint density at radius 3 is 2.90 bits per heavy atom. The van der Waals surface area contributed by atoms with E-state index in [9.17, 15) is 4.39 Å². The molecule has 1 N–H and O–H groups in total. The maximum absolute atomic E-state index is 13.7. The van der Waals surface area contributed by atoms with E-state index in [0.717, 1.165) is 31.1 Å². The molecule has 110 valence electrons. The molecule has 1 aromatic rings. The van der Waals surface area contributed by atoms with Gasteiger partial charge in [0.1, 0.15) is 5.82 Å². The fourth-order valence-corrected chi connectivity index (χ4v) is 3.72. The molecule has 0 spiro atoms. The van der Waals surface area contributed by atoms with Crippen molar-refractivity contribution in [3.05, 3.63) is 34.1 Å². The molecule has 4 heteroatoms. The maximum atomic E-state index is 13.7. The van der Waals surface area contributed by atoms with Gasteiger partial charge in [0.15, 0.2) is 0 Å². The third-order valence-electron chi connectivity index (χ3n) is 4.87. The minimum Gasteiger partial charge on any atom is -0.311 e. The minimum atomic E-state index is -0.168. The van der Waals surface area contributed by atoms with Crippen molar-refractivity contribution in [3.8, 4) is 0 Å². The first-order valence-electron chi connectivity index (χ1n) is 7.42. The van der Waals surface area contributed by atoms with Crippen LogP contribution in [-0.4, -0.2) is 29.6 Å². The molecule has 2 aliphatic rings. The zero-order valence-electron chi connectivity index (χ0n) is 12.1. The molecule has 1 heterocycles. The quantitative estimate of drug-likeness (QED) is 0.905. The van der Waals surface area contributed by atoms with Gasteiger partial charge < -0.3 is 5.32 Å². The van der Waals surface area contributed by atoms with Gasteiger partial charge in [-0.15, -0.1) is 0 Å². The minimum absolute atomic E-state index is 0.168. The molecule has 3 rings (SSSR count). The van der Waals surface area contributed by atoms with E-state index in [1.165, 1.54) is 18.9 Å². The first-order valence-corrected chi connectivity index (χ1v) is 8.21. The Kier molecular flexibility index (Phi) is 3.91. The second-order valence-electron chi connectivity index (χ2n) is 6.51. The van der Waals surface area contributed by atoms with Crippen molar-refractivity contribution in [2.45, 2.75) is 44.8 Å². The zero-order valence-corrected chi connectivity index (χ0v) is 13.7. The van der Waals surface area contributed by atoms with Gasteiger partial charge in [-0.05, 0) is 60.2 Å². The summed E-state index contributed by atoms with van der Waals surface area (Å²) in [6, 6.07) is 5.82. The van der Waals surface area contributed by atoms with Crippen molar-refractivity contribution in [3.63, 3.8) is 0 Å². The molecular formula is C16H22BrFN2. The number of benzene rings is 1. The van der Waals surface area contributed by atoms with E-state index in [0.29, 0.717) is 10.5 Å². The summed E-state index contributed by atoms with van der Waals surface area (Å²) in [4.78, 5) is 2.55. The standard InChI is InChI=1S/C16H22BrFN2/c1-11-8-20(16(2,10-19-11)13-6-7-13)9-12-4-3-5-14(18)15(12)17/h3-5,11,13,19H,6-10H2,1-2H3. The molecule has 1 aromatic carbocycles. The number of hydrogen-bond acceptors (Lipinski definition) is 2. The molecule has 0 bridgehead atoms. The van der Waals surface area contributed by atoms with Gasteiger partial charge in [-0.1, -0.05) is 12.1 Å². The van der Waals surface area contributed by atoms with Gasteiger partial charge in [0.05, 0.1) is 4.47 Å². The van der Waals surface area contributed by atoms with Crippen molar-refractivity contribution in [2.75, 3.05) is 13.1 Å². The van der Waals surface area contributed by atoms with Crippen molar-refractivity contribution < 1.29 is 4.39 Å². The summed E-state index contributed by atoms with van der Waals surface area (Å²) in [5.74, 6) is 0.619. The van der Waals surface area contributed by atoms with Crippen LogP contribution in [0.2, 0.25) is 0 Å². The Morgan fingerprint density at radius 2 is 2.20 bits per heavy atom. The second kappa shape index (κ2) is 5.39. The van der Waals surface area contributed by atoms with E-state index in [2.05, 4.69) is 40.0 Å². The molecule has 2 unspecified atom stereocenters. The van der Waals surface area contributed by atoms with Gasteiger partial charge in [-0.2, -0.15) is 0 Å². The number of nitrogens with one attached hydrogen (secondary N) is 1. The molecule has 1 aliphatic carbocycles. The summed E-state index contributed by atoms with van der Waals surface area (Å²) in [6.07, 6.45) is 2.65. The molecule has 0 aromatic heterocycles. The lowest BCUT2D eigenvalue weighted by Gasteiger charge is -2.48. The van der Waals surface area contributed by atoms with Crippen LogP contribution in [0, 0.1) is 11.7 Å². The van der Waals surface area contributed by atoms with Crippen molar-refractivity contribution in [1.82, 2.24) is 10.2 Å². The van der Waals surface area contributed by atoms with Crippen LogP contribution in [0.25, 0.3) is 0 Å². The predicted octanol–water partition coefficient (Wildman–Crippen LogP) is 3.55. The van der Waals surface area contributed by atoms with Crippen molar-refractivity contribution in [2.24, 2.45) is 5.92 Å². The summed E-state index contributed by atoms with van der Waals surface area (Å²) in [5.41, 5.74) is 1.25. The second-order valence-corrected chi connectivity index (χ2v) is 7.30. The Balaban J connectivity index is 1.84. The van der Waals surface area contributed by atoms with Gasteiger partial charge in [0, 0.05) is 31.2 Å². The van der Waals surface area contributed by atoms with Crippen LogP contribution in [0.1, 0.15) is 32.3 Å². The smallest absolute Gasteiger partial charge is 0.137 e. The third-order valence-corrected chi connectivity index (χ3v) is 5.76. The summed E-state index contributed by atoms with van der Waals surface area (Å²) >= 11 is 3.40. The topological polar surface area (TPSA) is 15.3 Å². The molecule has 2 fully saturated rings. The summed E-state index contributed by atoms with van der Waals surface area (Å²) in [7, 11) is 0. The van der Waals surface area contributed by atoms with E-state index in [1.807, 2.05) is 6.07 Å². The number of nitrogens with zero attached hydrogens (tertiary/aromatic N) is 1. The Morgan fingerprint density at radius 1 is 1.45 bits per heavy atom. The third kappa shape index (κ3) is 2.66. The van der Waals surface area contributed by atoms with Crippen LogP contribution in [0.15, 0.2) is 22.7 Å². The van der Waals surface area contributed by atoms with Crippen LogP contribution in [-0.2, 0) is 6.54 Å². The average molecular weight is 341 g/mol. The normalized spacial score (nSPS) is 31.5. The van der Waals surface area contributed by atoms with Crippen LogP contribution >= 0.6 is 15.9 Å². The summed E-state index contributed by atoms with van der Waals surface area (Å²) < 4.78 is 14.3. The Bertz CT molecular complexity index is 503. The van der Waals surface area contributed by atoms with E-state index in [-0.39, 0.29) is 11.4 Å². The molecule has 20 heavy (non-hydrogen) atoms. The highest BCUT2D eigenvalue weighted by Crippen LogP contribution is 2.44. The van der Waals surface area contributed by atoms with Gasteiger partial charge in [-0.25, -0.2) is 4.39 Å².